The van der Waals surface area contributed by atoms with Crippen molar-refractivity contribution in [1.82, 2.24) is 5.32 Å². The van der Waals surface area contributed by atoms with Crippen LogP contribution < -0.4 is 5.32 Å². The van der Waals surface area contributed by atoms with Crippen LogP contribution in [-0.4, -0.2) is 18.6 Å². The predicted octanol–water partition coefficient (Wildman–Crippen LogP) is 3.16. The van der Waals surface area contributed by atoms with Crippen molar-refractivity contribution in [3.63, 3.8) is 0 Å². The number of nitrogens with one attached hydrogen (secondary N) is 1. The number of carbonyl (C=O) groups excluding carboxylic acids is 1. The summed E-state index contributed by atoms with van der Waals surface area (Å²) in [6.45, 7) is -1.27. The molecular weight excluding hydrogens is 311 g/mol. The second-order valence-corrected chi connectivity index (χ2v) is 5.30. The van der Waals surface area contributed by atoms with Gasteiger partial charge in [0, 0.05) is 4.47 Å². The van der Waals surface area contributed by atoms with E-state index in [1.165, 1.54) is 0 Å². The lowest BCUT2D eigenvalue weighted by Crippen LogP contribution is -2.40. The second-order valence-electron chi connectivity index (χ2n) is 4.39. The first-order valence-electron chi connectivity index (χ1n) is 5.45. The van der Waals surface area contributed by atoms with Gasteiger partial charge in [0.1, 0.15) is 6.54 Å². The van der Waals surface area contributed by atoms with Gasteiger partial charge < -0.3 is 5.32 Å². The molecule has 0 bridgehead atoms. The summed E-state index contributed by atoms with van der Waals surface area (Å²) >= 11 is 3.28. The van der Waals surface area contributed by atoms with Gasteiger partial charge in [0.2, 0.25) is 5.91 Å². The van der Waals surface area contributed by atoms with Gasteiger partial charge in [0.05, 0.1) is 5.41 Å². The molecule has 6 heteroatoms. The zero-order valence-electron chi connectivity index (χ0n) is 9.35. The van der Waals surface area contributed by atoms with Crippen molar-refractivity contribution >= 4 is 21.8 Å². The van der Waals surface area contributed by atoms with Gasteiger partial charge in [-0.2, -0.15) is 13.2 Å². The van der Waals surface area contributed by atoms with Crippen molar-refractivity contribution in [3.05, 3.63) is 34.3 Å². The average molecular weight is 322 g/mol. The molecule has 0 aliphatic heterocycles. The van der Waals surface area contributed by atoms with Crippen LogP contribution >= 0.6 is 15.9 Å². The highest BCUT2D eigenvalue weighted by molar-refractivity contribution is 9.10. The highest BCUT2D eigenvalue weighted by Gasteiger charge is 2.51. The van der Waals surface area contributed by atoms with Gasteiger partial charge in [-0.15, -0.1) is 0 Å². The Morgan fingerprint density at radius 1 is 1.28 bits per heavy atom. The Morgan fingerprint density at radius 3 is 2.28 bits per heavy atom. The summed E-state index contributed by atoms with van der Waals surface area (Å²) in [4.78, 5) is 11.8. The molecule has 1 aliphatic rings. The van der Waals surface area contributed by atoms with Crippen molar-refractivity contribution < 1.29 is 18.0 Å². The van der Waals surface area contributed by atoms with Crippen LogP contribution in [-0.2, 0) is 10.2 Å². The van der Waals surface area contributed by atoms with Crippen molar-refractivity contribution in [1.29, 1.82) is 0 Å². The van der Waals surface area contributed by atoms with E-state index in [2.05, 4.69) is 15.9 Å². The van der Waals surface area contributed by atoms with Crippen LogP contribution in [0.4, 0.5) is 13.2 Å². The summed E-state index contributed by atoms with van der Waals surface area (Å²) < 4.78 is 37.0. The third-order valence-corrected chi connectivity index (χ3v) is 3.56. The largest absolute Gasteiger partial charge is 0.405 e. The number of halogens is 4. The van der Waals surface area contributed by atoms with Gasteiger partial charge in [-0.3, -0.25) is 4.79 Å². The maximum atomic E-state index is 12.1. The lowest BCUT2D eigenvalue weighted by molar-refractivity contribution is -0.139. The van der Waals surface area contributed by atoms with Crippen LogP contribution in [0.3, 0.4) is 0 Å². The number of hydrogen-bond acceptors (Lipinski definition) is 1. The number of alkyl halides is 3. The van der Waals surface area contributed by atoms with E-state index in [9.17, 15) is 18.0 Å². The van der Waals surface area contributed by atoms with Crippen LogP contribution in [0.5, 0.6) is 0 Å². The molecule has 18 heavy (non-hydrogen) atoms. The van der Waals surface area contributed by atoms with E-state index in [1.807, 2.05) is 5.32 Å². The Bertz CT molecular complexity index is 451. The molecule has 0 aromatic heterocycles. The lowest BCUT2D eigenvalue weighted by atomic mass is 9.95. The third-order valence-electron chi connectivity index (χ3n) is 3.03. The summed E-state index contributed by atoms with van der Waals surface area (Å²) in [7, 11) is 0. The molecule has 0 radical (unpaired) electrons. The van der Waals surface area contributed by atoms with Crippen molar-refractivity contribution in [2.24, 2.45) is 0 Å². The molecule has 1 N–H and O–H groups in total. The number of benzene rings is 1. The standard InChI is InChI=1S/C12H11BrF3NO/c13-9-3-1-8(2-4-9)11(5-6-11)10(18)17-7-12(14,15)16/h1-4H,5-7H2,(H,17,18). The maximum Gasteiger partial charge on any atom is 0.405 e. The van der Waals surface area contributed by atoms with Gasteiger partial charge in [-0.1, -0.05) is 28.1 Å². The molecule has 0 unspecified atom stereocenters. The maximum absolute atomic E-state index is 12.1. The first kappa shape index (κ1) is 13.4. The number of amides is 1. The molecule has 1 amide bonds. The monoisotopic (exact) mass is 321 g/mol. The molecule has 2 rings (SSSR count). The molecule has 1 aromatic carbocycles. The van der Waals surface area contributed by atoms with E-state index in [-0.39, 0.29) is 0 Å². The van der Waals surface area contributed by atoms with Gasteiger partial charge in [0.25, 0.3) is 0 Å². The highest BCUT2D eigenvalue weighted by Crippen LogP contribution is 2.48. The van der Waals surface area contributed by atoms with E-state index >= 15 is 0 Å². The topological polar surface area (TPSA) is 29.1 Å². The number of rotatable bonds is 3. The molecule has 98 valence electrons. The van der Waals surface area contributed by atoms with E-state index in [4.69, 9.17) is 0 Å². The van der Waals surface area contributed by atoms with Crippen molar-refractivity contribution in [2.75, 3.05) is 6.54 Å². The smallest absolute Gasteiger partial charge is 0.346 e. The predicted molar refractivity (Wildman–Crippen MR) is 64.1 cm³/mol. The summed E-state index contributed by atoms with van der Waals surface area (Å²) in [6, 6.07) is 7.10. The molecule has 1 aliphatic carbocycles. The minimum atomic E-state index is -4.37. The zero-order valence-corrected chi connectivity index (χ0v) is 10.9. The first-order valence-corrected chi connectivity index (χ1v) is 6.24. The fourth-order valence-corrected chi connectivity index (χ4v) is 2.15. The van der Waals surface area contributed by atoms with Crippen LogP contribution in [0.25, 0.3) is 0 Å². The number of carbonyl (C=O) groups is 1. The summed E-state index contributed by atoms with van der Waals surface area (Å²) in [5.41, 5.74) is 0.0109. The number of hydrogen-bond donors (Lipinski definition) is 1. The van der Waals surface area contributed by atoms with E-state index < -0.39 is 24.0 Å². The lowest BCUT2D eigenvalue weighted by Gasteiger charge is -2.16. The fourth-order valence-electron chi connectivity index (χ4n) is 1.89. The molecule has 0 atom stereocenters. The average Bonchev–Trinajstić information content (AvgIpc) is 3.07. The molecule has 0 heterocycles. The van der Waals surface area contributed by atoms with Crippen LogP contribution in [0.2, 0.25) is 0 Å². The van der Waals surface area contributed by atoms with Crippen molar-refractivity contribution in [3.8, 4) is 0 Å². The second kappa shape index (κ2) is 4.57. The molecule has 2 nitrogen and oxygen atoms in total. The first-order chi connectivity index (χ1) is 8.33. The summed E-state index contributed by atoms with van der Waals surface area (Å²) in [5.74, 6) is -0.540. The summed E-state index contributed by atoms with van der Waals surface area (Å²) in [5, 5.41) is 1.96. The molecule has 1 aromatic rings. The van der Waals surface area contributed by atoms with Crippen LogP contribution in [0.1, 0.15) is 18.4 Å². The highest BCUT2D eigenvalue weighted by atomic mass is 79.9. The van der Waals surface area contributed by atoms with Crippen LogP contribution in [0.15, 0.2) is 28.7 Å². The van der Waals surface area contributed by atoms with Crippen LogP contribution in [0, 0.1) is 0 Å². The Labute approximate surface area is 111 Å². The Balaban J connectivity index is 2.07. The van der Waals surface area contributed by atoms with Gasteiger partial charge >= 0.3 is 6.18 Å². The minimum absolute atomic E-state index is 0.540. The minimum Gasteiger partial charge on any atom is -0.346 e. The van der Waals surface area contributed by atoms with Crippen molar-refractivity contribution in [2.45, 2.75) is 24.4 Å². The molecular formula is C12H11BrF3NO. The Hall–Kier alpha value is -1.04. The fraction of sp³-hybridized carbons (Fsp3) is 0.417. The molecule has 1 saturated carbocycles. The molecule has 1 fully saturated rings. The van der Waals surface area contributed by atoms with E-state index in [1.54, 1.807) is 24.3 Å². The normalized spacial score (nSPS) is 17.3. The third kappa shape index (κ3) is 2.85. The quantitative estimate of drug-likeness (QED) is 0.910. The van der Waals surface area contributed by atoms with Gasteiger partial charge in [-0.25, -0.2) is 0 Å². The SMILES string of the molecule is O=C(NCC(F)(F)F)C1(c2ccc(Br)cc2)CC1. The summed E-state index contributed by atoms with van der Waals surface area (Å²) in [6.07, 6.45) is -3.18. The van der Waals surface area contributed by atoms with Gasteiger partial charge in [0.15, 0.2) is 0 Å². The Kier molecular flexibility index (Phi) is 3.40. The zero-order chi connectivity index (χ0) is 13.4. The van der Waals surface area contributed by atoms with E-state index in [0.29, 0.717) is 12.8 Å². The molecule has 0 spiro atoms. The molecule has 0 saturated heterocycles. The Morgan fingerprint density at radius 2 is 1.83 bits per heavy atom. The van der Waals surface area contributed by atoms with Gasteiger partial charge in [-0.05, 0) is 30.5 Å². The van der Waals surface area contributed by atoms with E-state index in [0.717, 1.165) is 10.0 Å².